The summed E-state index contributed by atoms with van der Waals surface area (Å²) in [7, 11) is 0. The quantitative estimate of drug-likeness (QED) is 0.788. The molecule has 0 spiro atoms. The van der Waals surface area contributed by atoms with E-state index in [1.54, 1.807) is 32.9 Å². The van der Waals surface area contributed by atoms with Gasteiger partial charge in [0, 0.05) is 0 Å². The third kappa shape index (κ3) is 2.87. The van der Waals surface area contributed by atoms with Crippen LogP contribution in [0, 0.1) is 12.3 Å². The Hall–Kier alpha value is -2.17. The molecule has 0 saturated carbocycles. The Balaban J connectivity index is 2.30. The first-order chi connectivity index (χ1) is 9.29. The van der Waals surface area contributed by atoms with E-state index in [-0.39, 0.29) is 18.3 Å². The zero-order chi connectivity index (χ0) is 14.9. The molecule has 2 aromatic rings. The van der Waals surface area contributed by atoms with Crippen molar-refractivity contribution in [1.82, 2.24) is 9.55 Å². The van der Waals surface area contributed by atoms with Crippen LogP contribution in [0.3, 0.4) is 0 Å². The van der Waals surface area contributed by atoms with Gasteiger partial charge in [-0.05, 0) is 39.8 Å². The molecule has 1 aromatic carbocycles. The first-order valence-electron chi connectivity index (χ1n) is 6.42. The summed E-state index contributed by atoms with van der Waals surface area (Å²) in [4.78, 5) is 28.2. The molecule has 0 radical (unpaired) electrons. The Bertz CT molecular complexity index is 711. The largest absolute Gasteiger partial charge is 0.443 e. The molecule has 0 fully saturated rings. The molecule has 20 heavy (non-hydrogen) atoms. The van der Waals surface area contributed by atoms with E-state index in [4.69, 9.17) is 4.74 Å². The molecule has 0 aliphatic carbocycles. The zero-order valence-electron chi connectivity index (χ0n) is 12.1. The monoisotopic (exact) mass is 274 g/mol. The van der Waals surface area contributed by atoms with Crippen molar-refractivity contribution in [2.24, 2.45) is 5.41 Å². The Morgan fingerprint density at radius 1 is 1.35 bits per heavy atom. The summed E-state index contributed by atoms with van der Waals surface area (Å²) < 4.78 is 6.43. The number of fused-ring (bicyclic) bond motifs is 1. The summed E-state index contributed by atoms with van der Waals surface area (Å²) in [6.07, 6.45) is 1.40. The second-order valence-electron chi connectivity index (χ2n) is 5.85. The fraction of sp³-hybridized carbons (Fsp3) is 0.400. The van der Waals surface area contributed by atoms with Gasteiger partial charge in [0.2, 0.25) is 0 Å². The van der Waals surface area contributed by atoms with Crippen LogP contribution in [0.25, 0.3) is 10.9 Å². The summed E-state index contributed by atoms with van der Waals surface area (Å²) in [5.41, 5.74) is 0.824. The first kappa shape index (κ1) is 14.2. The van der Waals surface area contributed by atoms with Gasteiger partial charge in [0.05, 0.1) is 16.3 Å². The van der Waals surface area contributed by atoms with E-state index in [0.29, 0.717) is 10.9 Å². The van der Waals surface area contributed by atoms with Gasteiger partial charge in [-0.1, -0.05) is 11.6 Å². The molecule has 0 atom stereocenters. The number of esters is 1. The van der Waals surface area contributed by atoms with Crippen molar-refractivity contribution >= 4 is 16.9 Å². The van der Waals surface area contributed by atoms with Gasteiger partial charge in [0.15, 0.2) is 6.73 Å². The second-order valence-corrected chi connectivity index (χ2v) is 5.85. The minimum Gasteiger partial charge on any atom is -0.443 e. The van der Waals surface area contributed by atoms with Crippen LogP contribution in [-0.2, 0) is 16.3 Å². The second kappa shape index (κ2) is 5.07. The molecule has 0 unspecified atom stereocenters. The molecule has 0 N–H and O–H groups in total. The molecular formula is C15H18N2O3. The lowest BCUT2D eigenvalue weighted by Gasteiger charge is -2.17. The summed E-state index contributed by atoms with van der Waals surface area (Å²) >= 11 is 0. The Labute approximate surface area is 117 Å². The molecule has 5 heteroatoms. The maximum atomic E-state index is 12.3. The molecule has 0 bridgehead atoms. The predicted octanol–water partition coefficient (Wildman–Crippen LogP) is 2.25. The molecule has 1 aromatic heterocycles. The lowest BCUT2D eigenvalue weighted by Crippen LogP contribution is -2.28. The highest BCUT2D eigenvalue weighted by Gasteiger charge is 2.23. The SMILES string of the molecule is Cc1ccc2ncn(COC(=O)C(C)(C)C)c(=O)c2c1. The van der Waals surface area contributed by atoms with Gasteiger partial charge >= 0.3 is 5.97 Å². The van der Waals surface area contributed by atoms with Gasteiger partial charge in [-0.3, -0.25) is 14.2 Å². The predicted molar refractivity (Wildman–Crippen MR) is 76.3 cm³/mol. The van der Waals surface area contributed by atoms with Crippen LogP contribution in [0.1, 0.15) is 26.3 Å². The van der Waals surface area contributed by atoms with Crippen LogP contribution in [0.5, 0.6) is 0 Å². The summed E-state index contributed by atoms with van der Waals surface area (Å²) in [5.74, 6) is -0.353. The number of hydrogen-bond donors (Lipinski definition) is 0. The summed E-state index contributed by atoms with van der Waals surface area (Å²) in [5, 5.41) is 0.527. The highest BCUT2D eigenvalue weighted by molar-refractivity contribution is 5.78. The number of ether oxygens (including phenoxy) is 1. The minimum atomic E-state index is -0.593. The molecule has 0 aliphatic rings. The lowest BCUT2D eigenvalue weighted by atomic mass is 9.98. The normalized spacial score (nSPS) is 11.6. The van der Waals surface area contributed by atoms with Crippen LogP contribution in [-0.4, -0.2) is 15.5 Å². The fourth-order valence-electron chi connectivity index (χ4n) is 1.71. The van der Waals surface area contributed by atoms with Crippen LogP contribution in [0.2, 0.25) is 0 Å². The summed E-state index contributed by atoms with van der Waals surface area (Å²) in [6.45, 7) is 7.09. The maximum Gasteiger partial charge on any atom is 0.312 e. The van der Waals surface area contributed by atoms with Gasteiger partial charge in [0.25, 0.3) is 5.56 Å². The van der Waals surface area contributed by atoms with E-state index in [9.17, 15) is 9.59 Å². The van der Waals surface area contributed by atoms with Gasteiger partial charge in [-0.25, -0.2) is 4.98 Å². The third-order valence-electron chi connectivity index (χ3n) is 2.93. The number of carbonyl (C=O) groups is 1. The maximum absolute atomic E-state index is 12.3. The van der Waals surface area contributed by atoms with Gasteiger partial charge in [-0.15, -0.1) is 0 Å². The van der Waals surface area contributed by atoms with E-state index < -0.39 is 5.41 Å². The molecule has 2 rings (SSSR count). The van der Waals surface area contributed by atoms with Crippen molar-refractivity contribution in [2.45, 2.75) is 34.4 Å². The highest BCUT2D eigenvalue weighted by Crippen LogP contribution is 2.15. The Kier molecular flexibility index (Phi) is 3.61. The van der Waals surface area contributed by atoms with E-state index in [2.05, 4.69) is 4.98 Å². The molecule has 0 amide bonds. The van der Waals surface area contributed by atoms with Crippen LogP contribution in [0.15, 0.2) is 29.3 Å². The van der Waals surface area contributed by atoms with E-state index in [1.807, 2.05) is 13.0 Å². The van der Waals surface area contributed by atoms with Crippen LogP contribution < -0.4 is 5.56 Å². The topological polar surface area (TPSA) is 61.2 Å². The zero-order valence-corrected chi connectivity index (χ0v) is 12.1. The standard InChI is InChI=1S/C15H18N2O3/c1-10-5-6-12-11(7-10)13(18)17(8-16-12)9-20-14(19)15(2,3)4/h5-8H,9H2,1-4H3. The molecule has 106 valence electrons. The number of aromatic nitrogens is 2. The molecule has 0 saturated heterocycles. The number of hydrogen-bond acceptors (Lipinski definition) is 4. The Morgan fingerprint density at radius 2 is 2.05 bits per heavy atom. The number of carbonyl (C=O) groups excluding carboxylic acids is 1. The van der Waals surface area contributed by atoms with Crippen LogP contribution in [0.4, 0.5) is 0 Å². The van der Waals surface area contributed by atoms with Crippen molar-refractivity contribution in [1.29, 1.82) is 0 Å². The van der Waals surface area contributed by atoms with E-state index in [0.717, 1.165) is 5.56 Å². The number of aryl methyl sites for hydroxylation is 1. The van der Waals surface area contributed by atoms with Crippen molar-refractivity contribution < 1.29 is 9.53 Å². The van der Waals surface area contributed by atoms with E-state index in [1.165, 1.54) is 10.9 Å². The summed E-state index contributed by atoms with van der Waals surface area (Å²) in [6, 6.07) is 5.49. The Morgan fingerprint density at radius 3 is 2.70 bits per heavy atom. The molecular weight excluding hydrogens is 256 g/mol. The number of nitrogens with zero attached hydrogens (tertiary/aromatic N) is 2. The number of benzene rings is 1. The van der Waals surface area contributed by atoms with Gasteiger partial charge in [-0.2, -0.15) is 0 Å². The van der Waals surface area contributed by atoms with Crippen molar-refractivity contribution in [3.63, 3.8) is 0 Å². The average molecular weight is 274 g/mol. The molecule has 1 heterocycles. The average Bonchev–Trinajstić information content (AvgIpc) is 2.37. The minimum absolute atomic E-state index is 0.119. The van der Waals surface area contributed by atoms with Gasteiger partial charge < -0.3 is 4.74 Å². The first-order valence-corrected chi connectivity index (χ1v) is 6.42. The van der Waals surface area contributed by atoms with E-state index >= 15 is 0 Å². The fourth-order valence-corrected chi connectivity index (χ4v) is 1.71. The molecule has 0 aliphatic heterocycles. The van der Waals surface area contributed by atoms with Crippen molar-refractivity contribution in [2.75, 3.05) is 0 Å². The van der Waals surface area contributed by atoms with Gasteiger partial charge in [0.1, 0.15) is 6.33 Å². The lowest BCUT2D eigenvalue weighted by molar-refractivity contribution is -0.157. The highest BCUT2D eigenvalue weighted by atomic mass is 16.5. The van der Waals surface area contributed by atoms with Crippen molar-refractivity contribution in [3.05, 3.63) is 40.4 Å². The third-order valence-corrected chi connectivity index (χ3v) is 2.93. The number of rotatable bonds is 2. The van der Waals surface area contributed by atoms with Crippen LogP contribution >= 0.6 is 0 Å². The van der Waals surface area contributed by atoms with Crippen molar-refractivity contribution in [3.8, 4) is 0 Å². The smallest absolute Gasteiger partial charge is 0.312 e. The molecule has 5 nitrogen and oxygen atoms in total.